The van der Waals surface area contributed by atoms with Crippen molar-refractivity contribution in [2.24, 2.45) is 10.4 Å². The maximum Gasteiger partial charge on any atom is 0.162 e. The fourth-order valence-corrected chi connectivity index (χ4v) is 6.00. The van der Waals surface area contributed by atoms with Crippen LogP contribution in [0.1, 0.15) is 50.0 Å². The monoisotopic (exact) mass is 452 g/mol. The van der Waals surface area contributed by atoms with Crippen molar-refractivity contribution in [3.8, 4) is 10.4 Å². The van der Waals surface area contributed by atoms with Gasteiger partial charge in [0.15, 0.2) is 5.78 Å². The largest absolute Gasteiger partial charge is 0.358 e. The summed E-state index contributed by atoms with van der Waals surface area (Å²) in [7, 11) is 0. The second kappa shape index (κ2) is 8.60. The number of aliphatic imine (C=N–C) groups is 1. The van der Waals surface area contributed by atoms with Gasteiger partial charge in [0.2, 0.25) is 0 Å². The van der Waals surface area contributed by atoms with E-state index in [1.54, 1.807) is 11.3 Å². The summed E-state index contributed by atoms with van der Waals surface area (Å²) in [5.74, 6) is 0.182. The van der Waals surface area contributed by atoms with Crippen LogP contribution >= 0.6 is 11.3 Å². The van der Waals surface area contributed by atoms with Crippen molar-refractivity contribution in [2.75, 3.05) is 5.32 Å². The van der Waals surface area contributed by atoms with E-state index in [1.165, 1.54) is 15.3 Å². The molecule has 0 spiro atoms. The third-order valence-corrected chi connectivity index (χ3v) is 7.51. The Morgan fingerprint density at radius 2 is 1.88 bits per heavy atom. The Bertz CT molecular complexity index is 1290. The molecule has 166 valence electrons. The highest BCUT2D eigenvalue weighted by atomic mass is 32.1. The van der Waals surface area contributed by atoms with E-state index in [4.69, 9.17) is 0 Å². The number of rotatable bonds is 4. The Balaban J connectivity index is 1.65. The summed E-state index contributed by atoms with van der Waals surface area (Å²) in [6, 6.07) is 21.1. The molecule has 0 radical (unpaired) electrons. The van der Waals surface area contributed by atoms with Gasteiger partial charge in [-0.1, -0.05) is 50.3 Å². The van der Waals surface area contributed by atoms with Crippen LogP contribution in [0.5, 0.6) is 0 Å². The highest BCUT2D eigenvalue weighted by Gasteiger charge is 2.41. The summed E-state index contributed by atoms with van der Waals surface area (Å²) in [5, 5.41) is 3.62. The number of fused-ring (bicyclic) bond motifs is 1. The molecule has 3 nitrogen and oxygen atoms in total. The predicted octanol–water partition coefficient (Wildman–Crippen LogP) is 7.89. The van der Waals surface area contributed by atoms with E-state index >= 15 is 0 Å². The Morgan fingerprint density at radius 1 is 1.06 bits per heavy atom. The van der Waals surface area contributed by atoms with E-state index in [0.29, 0.717) is 6.42 Å². The van der Waals surface area contributed by atoms with Crippen molar-refractivity contribution in [3.63, 3.8) is 0 Å². The highest BCUT2D eigenvalue weighted by molar-refractivity contribution is 7.15. The molecule has 5 rings (SSSR count). The van der Waals surface area contributed by atoms with E-state index in [0.717, 1.165) is 34.6 Å². The number of nitrogens with one attached hydrogen (secondary N) is 1. The smallest absolute Gasteiger partial charge is 0.162 e. The maximum atomic E-state index is 13.5. The molecule has 0 saturated carbocycles. The number of Topliss-reactive ketones (excluding diaryl/α,β-unsaturated/α-hetero) is 1. The first-order chi connectivity index (χ1) is 15.9. The number of carbonyl (C=O) groups excluding carboxylic acids is 1. The minimum absolute atomic E-state index is 0.0354. The molecule has 1 aliphatic heterocycles. The number of anilines is 1. The minimum atomic E-state index is -0.0702. The summed E-state index contributed by atoms with van der Waals surface area (Å²) in [6.07, 6.45) is 7.15. The zero-order chi connectivity index (χ0) is 23.0. The number of ketones is 1. The quantitative estimate of drug-likeness (QED) is 0.409. The summed E-state index contributed by atoms with van der Waals surface area (Å²) < 4.78 is 0. The molecule has 1 N–H and O–H groups in total. The van der Waals surface area contributed by atoms with Crippen LogP contribution in [0.2, 0.25) is 0 Å². The maximum absolute atomic E-state index is 13.5. The molecule has 1 aromatic heterocycles. The average Bonchev–Trinajstić information content (AvgIpc) is 3.28. The molecule has 4 heteroatoms. The van der Waals surface area contributed by atoms with Gasteiger partial charge in [0.25, 0.3) is 0 Å². The Morgan fingerprint density at radius 3 is 2.67 bits per heavy atom. The van der Waals surface area contributed by atoms with Crippen LogP contribution < -0.4 is 5.32 Å². The van der Waals surface area contributed by atoms with Crippen LogP contribution in [-0.4, -0.2) is 12.0 Å². The van der Waals surface area contributed by atoms with Crippen LogP contribution in [-0.2, 0) is 4.79 Å². The number of hydrogen-bond donors (Lipinski definition) is 1. The second-order valence-corrected chi connectivity index (χ2v) is 10.7. The van der Waals surface area contributed by atoms with Gasteiger partial charge in [-0.15, -0.1) is 11.3 Å². The zero-order valence-electron chi connectivity index (χ0n) is 19.3. The van der Waals surface area contributed by atoms with Gasteiger partial charge < -0.3 is 5.32 Å². The molecule has 0 bridgehead atoms. The first kappa shape index (κ1) is 21.6. The SMILES string of the molecule is C/C=C\C=Nc1ccc2c(c1)C(c1ccc(-c3ccccc3)s1)C1=C(CC(C)(C)CC1=O)N2. The number of nitrogens with zero attached hydrogens (tertiary/aromatic N) is 1. The molecule has 3 aromatic rings. The van der Waals surface area contributed by atoms with E-state index in [9.17, 15) is 4.79 Å². The van der Waals surface area contributed by atoms with Gasteiger partial charge in [-0.3, -0.25) is 9.79 Å². The Hall–Kier alpha value is -3.24. The normalized spacial score (nSPS) is 19.6. The topological polar surface area (TPSA) is 41.5 Å². The number of hydrogen-bond acceptors (Lipinski definition) is 4. The zero-order valence-corrected chi connectivity index (χ0v) is 20.1. The molecule has 1 aliphatic carbocycles. The minimum Gasteiger partial charge on any atom is -0.358 e. The lowest BCUT2D eigenvalue weighted by Crippen LogP contribution is -2.33. The van der Waals surface area contributed by atoms with Crippen molar-refractivity contribution in [3.05, 3.63) is 94.5 Å². The number of benzene rings is 2. The fourth-order valence-electron chi connectivity index (χ4n) is 4.86. The molecule has 0 fully saturated rings. The van der Waals surface area contributed by atoms with Crippen LogP contribution in [0.25, 0.3) is 10.4 Å². The van der Waals surface area contributed by atoms with Gasteiger partial charge in [-0.05, 0) is 66.3 Å². The molecule has 1 atom stereocenters. The van der Waals surface area contributed by atoms with Gasteiger partial charge in [-0.2, -0.15) is 0 Å². The van der Waals surface area contributed by atoms with E-state index in [2.05, 4.69) is 72.7 Å². The number of allylic oxidation sites excluding steroid dienone is 4. The Labute approximate surface area is 199 Å². The van der Waals surface area contributed by atoms with Gasteiger partial charge in [-0.25, -0.2) is 0 Å². The van der Waals surface area contributed by atoms with E-state index in [1.807, 2.05) is 37.4 Å². The van der Waals surface area contributed by atoms with Crippen molar-refractivity contribution in [1.82, 2.24) is 0 Å². The summed E-state index contributed by atoms with van der Waals surface area (Å²) in [5.41, 5.74) is 6.27. The van der Waals surface area contributed by atoms with E-state index < -0.39 is 0 Å². The van der Waals surface area contributed by atoms with Crippen molar-refractivity contribution in [2.45, 2.75) is 39.5 Å². The second-order valence-electron chi connectivity index (χ2n) is 9.53. The molecule has 33 heavy (non-hydrogen) atoms. The molecule has 0 amide bonds. The number of thiophene rings is 1. The predicted molar refractivity (Wildman–Crippen MR) is 140 cm³/mol. The van der Waals surface area contributed by atoms with Gasteiger partial charge >= 0.3 is 0 Å². The van der Waals surface area contributed by atoms with Crippen LogP contribution in [0.15, 0.2) is 89.1 Å². The summed E-state index contributed by atoms with van der Waals surface area (Å²) in [6.45, 7) is 6.33. The molecule has 0 saturated heterocycles. The first-order valence-corrected chi connectivity index (χ1v) is 12.2. The average molecular weight is 453 g/mol. The lowest BCUT2D eigenvalue weighted by atomic mass is 9.70. The molecular formula is C29H28N2OS. The molecule has 2 aliphatic rings. The molecular weight excluding hydrogens is 424 g/mol. The molecule has 2 aromatic carbocycles. The highest BCUT2D eigenvalue weighted by Crippen LogP contribution is 2.51. The van der Waals surface area contributed by atoms with Gasteiger partial charge in [0.1, 0.15) is 0 Å². The van der Waals surface area contributed by atoms with Gasteiger partial charge in [0.05, 0.1) is 11.6 Å². The summed E-state index contributed by atoms with van der Waals surface area (Å²) in [4.78, 5) is 20.5. The van der Waals surface area contributed by atoms with E-state index in [-0.39, 0.29) is 17.1 Å². The van der Waals surface area contributed by atoms with Gasteiger partial charge in [0, 0.05) is 39.3 Å². The van der Waals surface area contributed by atoms with Crippen LogP contribution in [0.4, 0.5) is 11.4 Å². The lowest BCUT2D eigenvalue weighted by Gasteiger charge is -2.39. The lowest BCUT2D eigenvalue weighted by molar-refractivity contribution is -0.118. The molecule has 1 unspecified atom stereocenters. The summed E-state index contributed by atoms with van der Waals surface area (Å²) >= 11 is 1.78. The third-order valence-electron chi connectivity index (χ3n) is 6.31. The van der Waals surface area contributed by atoms with Crippen molar-refractivity contribution >= 4 is 34.7 Å². The molecule has 2 heterocycles. The van der Waals surface area contributed by atoms with Crippen LogP contribution in [0, 0.1) is 5.41 Å². The third kappa shape index (κ3) is 4.23. The first-order valence-electron chi connectivity index (χ1n) is 11.4. The van der Waals surface area contributed by atoms with Crippen molar-refractivity contribution < 1.29 is 4.79 Å². The fraction of sp³-hybridized carbons (Fsp3) is 0.241. The Kier molecular flexibility index (Phi) is 5.63. The van der Waals surface area contributed by atoms with Crippen molar-refractivity contribution in [1.29, 1.82) is 0 Å². The van der Waals surface area contributed by atoms with Crippen LogP contribution in [0.3, 0.4) is 0 Å². The number of carbonyl (C=O) groups is 1. The standard InChI is InChI=1S/C29H28N2OS/c1-4-5-15-30-20-11-12-22-21(16-20)27(28-23(31-22)17-29(2,3)18-24(28)32)26-14-13-25(33-26)19-9-7-6-8-10-19/h4-16,27,31H,17-18H2,1-3H3/b5-4-,30-15?.